The van der Waals surface area contributed by atoms with Crippen LogP contribution < -0.4 is 16.3 Å². The molecule has 0 aliphatic heterocycles. The van der Waals surface area contributed by atoms with Crippen molar-refractivity contribution in [3.05, 3.63) is 30.1 Å². The number of nitrogens with two attached hydrogens (primary N) is 2. The number of methoxy groups -OCH3 is 1. The molecular weight excluding hydrogens is 264 g/mol. The number of nitrogen functional groups attached to an aromatic ring is 2. The quantitative estimate of drug-likeness (QED) is 0.850. The summed E-state index contributed by atoms with van der Waals surface area (Å²) in [6.45, 7) is 0. The SMILES string of the molecule is COc1ccccc1-c1nc(C2CCCCC2)n(N)c1N. The Hall–Kier alpha value is -2.17. The lowest BCUT2D eigenvalue weighted by Crippen LogP contribution is -2.19. The van der Waals surface area contributed by atoms with E-state index in [1.165, 1.54) is 19.3 Å². The highest BCUT2D eigenvalue weighted by Gasteiger charge is 2.24. The Labute approximate surface area is 124 Å². The van der Waals surface area contributed by atoms with Crippen molar-refractivity contribution in [3.63, 3.8) is 0 Å². The molecule has 1 fully saturated rings. The molecule has 3 rings (SSSR count). The summed E-state index contributed by atoms with van der Waals surface area (Å²) in [4.78, 5) is 4.74. The zero-order valence-electron chi connectivity index (χ0n) is 12.4. The van der Waals surface area contributed by atoms with Gasteiger partial charge in [0, 0.05) is 11.5 Å². The second kappa shape index (κ2) is 5.68. The van der Waals surface area contributed by atoms with Gasteiger partial charge in [0.25, 0.3) is 0 Å². The molecule has 0 unspecified atom stereocenters. The maximum atomic E-state index is 6.19. The maximum Gasteiger partial charge on any atom is 0.150 e. The van der Waals surface area contributed by atoms with Crippen LogP contribution in [-0.4, -0.2) is 16.8 Å². The number of imidazole rings is 1. The van der Waals surface area contributed by atoms with Gasteiger partial charge in [0.15, 0.2) is 5.82 Å². The zero-order valence-corrected chi connectivity index (χ0v) is 12.4. The van der Waals surface area contributed by atoms with Crippen molar-refractivity contribution in [2.45, 2.75) is 38.0 Å². The Balaban J connectivity index is 2.04. The number of hydrogen-bond acceptors (Lipinski definition) is 4. The van der Waals surface area contributed by atoms with Crippen LogP contribution in [0.5, 0.6) is 5.75 Å². The molecule has 1 saturated carbocycles. The summed E-state index contributed by atoms with van der Waals surface area (Å²) < 4.78 is 6.96. The summed E-state index contributed by atoms with van der Waals surface area (Å²) in [6.07, 6.45) is 6.05. The molecular formula is C16H22N4O. The Morgan fingerprint density at radius 3 is 2.62 bits per heavy atom. The van der Waals surface area contributed by atoms with Crippen LogP contribution in [0.3, 0.4) is 0 Å². The van der Waals surface area contributed by atoms with Gasteiger partial charge >= 0.3 is 0 Å². The first-order valence-electron chi connectivity index (χ1n) is 7.49. The average Bonchev–Trinajstić information content (AvgIpc) is 2.84. The first-order chi connectivity index (χ1) is 10.2. The van der Waals surface area contributed by atoms with Gasteiger partial charge < -0.3 is 16.3 Å². The summed E-state index contributed by atoms with van der Waals surface area (Å²) in [5.41, 5.74) is 7.79. The van der Waals surface area contributed by atoms with Crippen LogP contribution in [0.15, 0.2) is 24.3 Å². The van der Waals surface area contributed by atoms with Crippen LogP contribution in [0.25, 0.3) is 11.3 Å². The van der Waals surface area contributed by atoms with E-state index in [1.807, 2.05) is 24.3 Å². The highest BCUT2D eigenvalue weighted by Crippen LogP contribution is 2.37. The molecule has 0 bridgehead atoms. The van der Waals surface area contributed by atoms with E-state index in [0.29, 0.717) is 11.7 Å². The van der Waals surface area contributed by atoms with Crippen LogP contribution >= 0.6 is 0 Å². The van der Waals surface area contributed by atoms with Crippen LogP contribution in [0.4, 0.5) is 5.82 Å². The van der Waals surface area contributed by atoms with E-state index >= 15 is 0 Å². The lowest BCUT2D eigenvalue weighted by atomic mass is 9.89. The van der Waals surface area contributed by atoms with Gasteiger partial charge in [0.1, 0.15) is 17.3 Å². The van der Waals surface area contributed by atoms with Crippen molar-refractivity contribution in [2.75, 3.05) is 18.7 Å². The van der Waals surface area contributed by atoms with Gasteiger partial charge in [-0.1, -0.05) is 31.4 Å². The topological polar surface area (TPSA) is 79.1 Å². The van der Waals surface area contributed by atoms with Crippen molar-refractivity contribution in [3.8, 4) is 17.0 Å². The molecule has 1 aliphatic carbocycles. The third kappa shape index (κ3) is 2.44. The van der Waals surface area contributed by atoms with E-state index in [9.17, 15) is 0 Å². The highest BCUT2D eigenvalue weighted by atomic mass is 16.5. The zero-order chi connectivity index (χ0) is 14.8. The molecule has 1 aromatic carbocycles. The first kappa shape index (κ1) is 13.8. The van der Waals surface area contributed by atoms with E-state index < -0.39 is 0 Å². The third-order valence-corrected chi connectivity index (χ3v) is 4.31. The normalized spacial score (nSPS) is 16.0. The lowest BCUT2D eigenvalue weighted by molar-refractivity contribution is 0.416. The fraction of sp³-hybridized carbons (Fsp3) is 0.438. The van der Waals surface area contributed by atoms with E-state index in [4.69, 9.17) is 21.3 Å². The van der Waals surface area contributed by atoms with Gasteiger partial charge in [-0.05, 0) is 25.0 Å². The van der Waals surface area contributed by atoms with Crippen molar-refractivity contribution in [1.82, 2.24) is 9.66 Å². The Bertz CT molecular complexity index is 629. The molecule has 0 radical (unpaired) electrons. The summed E-state index contributed by atoms with van der Waals surface area (Å²) >= 11 is 0. The molecule has 0 amide bonds. The Morgan fingerprint density at radius 2 is 1.90 bits per heavy atom. The van der Waals surface area contributed by atoms with E-state index in [2.05, 4.69) is 0 Å². The number of aromatic nitrogens is 2. The van der Waals surface area contributed by atoms with Crippen LogP contribution in [0.2, 0.25) is 0 Å². The largest absolute Gasteiger partial charge is 0.496 e. The minimum atomic E-state index is 0.412. The van der Waals surface area contributed by atoms with Gasteiger partial charge in [-0.25, -0.2) is 9.66 Å². The number of anilines is 1. The summed E-state index contributed by atoms with van der Waals surface area (Å²) in [7, 11) is 1.65. The standard InChI is InChI=1S/C16H22N4O/c1-21-13-10-6-5-9-12(13)14-15(17)20(18)16(19-14)11-7-3-2-4-8-11/h5-6,9-11H,2-4,7-8,17-18H2,1H3. The second-order valence-corrected chi connectivity index (χ2v) is 5.61. The van der Waals surface area contributed by atoms with Gasteiger partial charge in [0.05, 0.1) is 7.11 Å². The van der Waals surface area contributed by atoms with Gasteiger partial charge in [0.2, 0.25) is 0 Å². The summed E-state index contributed by atoms with van der Waals surface area (Å²) in [5, 5.41) is 0. The molecule has 2 aromatic rings. The number of hydrogen-bond donors (Lipinski definition) is 2. The molecule has 0 atom stereocenters. The number of rotatable bonds is 3. The van der Waals surface area contributed by atoms with Crippen molar-refractivity contribution in [2.24, 2.45) is 0 Å². The molecule has 0 saturated heterocycles. The van der Waals surface area contributed by atoms with Gasteiger partial charge in [-0.3, -0.25) is 0 Å². The molecule has 0 spiro atoms. The third-order valence-electron chi connectivity index (χ3n) is 4.31. The molecule has 21 heavy (non-hydrogen) atoms. The molecule has 1 heterocycles. The predicted molar refractivity (Wildman–Crippen MR) is 84.6 cm³/mol. The van der Waals surface area contributed by atoms with Gasteiger partial charge in [-0.2, -0.15) is 0 Å². The van der Waals surface area contributed by atoms with E-state index in [-0.39, 0.29) is 0 Å². The molecule has 5 heteroatoms. The summed E-state index contributed by atoms with van der Waals surface area (Å²) in [5.74, 6) is 8.72. The second-order valence-electron chi connectivity index (χ2n) is 5.61. The molecule has 5 nitrogen and oxygen atoms in total. The van der Waals surface area contributed by atoms with Crippen LogP contribution in [0, 0.1) is 0 Å². The van der Waals surface area contributed by atoms with Crippen LogP contribution in [-0.2, 0) is 0 Å². The lowest BCUT2D eigenvalue weighted by Gasteiger charge is -2.20. The fourth-order valence-electron chi connectivity index (χ4n) is 3.15. The minimum absolute atomic E-state index is 0.412. The average molecular weight is 286 g/mol. The highest BCUT2D eigenvalue weighted by molar-refractivity contribution is 5.76. The summed E-state index contributed by atoms with van der Waals surface area (Å²) in [6, 6.07) is 7.75. The molecule has 1 aliphatic rings. The monoisotopic (exact) mass is 286 g/mol. The van der Waals surface area contributed by atoms with Crippen molar-refractivity contribution in [1.29, 1.82) is 0 Å². The number of ether oxygens (including phenoxy) is 1. The smallest absolute Gasteiger partial charge is 0.150 e. The Kier molecular flexibility index (Phi) is 3.73. The van der Waals surface area contributed by atoms with Crippen molar-refractivity contribution >= 4 is 5.82 Å². The fourth-order valence-corrected chi connectivity index (χ4v) is 3.15. The Morgan fingerprint density at radius 1 is 1.19 bits per heavy atom. The van der Waals surface area contributed by atoms with Gasteiger partial charge in [-0.15, -0.1) is 0 Å². The molecule has 1 aromatic heterocycles. The van der Waals surface area contributed by atoms with E-state index in [0.717, 1.165) is 35.7 Å². The number of benzene rings is 1. The maximum absolute atomic E-state index is 6.19. The van der Waals surface area contributed by atoms with E-state index in [1.54, 1.807) is 11.8 Å². The minimum Gasteiger partial charge on any atom is -0.496 e. The van der Waals surface area contributed by atoms with Crippen LogP contribution in [0.1, 0.15) is 43.8 Å². The van der Waals surface area contributed by atoms with Crippen molar-refractivity contribution < 1.29 is 4.74 Å². The molecule has 112 valence electrons. The predicted octanol–water partition coefficient (Wildman–Crippen LogP) is 2.90. The first-order valence-corrected chi connectivity index (χ1v) is 7.49. The number of nitrogens with zero attached hydrogens (tertiary/aromatic N) is 2. The molecule has 4 N–H and O–H groups in total. The number of para-hydroxylation sites is 1.